The van der Waals surface area contributed by atoms with Crippen LogP contribution in [0.15, 0.2) is 55.0 Å². The number of hydrogen-bond donors (Lipinski definition) is 0. The maximum Gasteiger partial charge on any atom is 0.194 e. The average Bonchev–Trinajstić information content (AvgIpc) is 2.47. The highest BCUT2D eigenvalue weighted by Gasteiger charge is 2.09. The molecule has 0 amide bonds. The molecule has 0 atom stereocenters. The molecule has 0 saturated carbocycles. The number of carbonyl (C=O) groups excluding carboxylic acids is 1. The quantitative estimate of drug-likeness (QED) is 0.639. The molecule has 0 bridgehead atoms. The molecule has 86 valence electrons. The van der Waals surface area contributed by atoms with Crippen molar-refractivity contribution < 1.29 is 4.79 Å². The van der Waals surface area contributed by atoms with Gasteiger partial charge in [-0.25, -0.2) is 0 Å². The third kappa shape index (κ3) is 1.84. The second kappa shape index (κ2) is 4.33. The van der Waals surface area contributed by atoms with Crippen LogP contribution in [-0.2, 0) is 0 Å². The summed E-state index contributed by atoms with van der Waals surface area (Å²) in [6.45, 7) is 0. The Labute approximate surface area is 103 Å². The highest BCUT2D eigenvalue weighted by atomic mass is 16.1. The summed E-state index contributed by atoms with van der Waals surface area (Å²) in [7, 11) is 0. The molecule has 3 rings (SSSR count). The van der Waals surface area contributed by atoms with Gasteiger partial charge in [-0.05, 0) is 30.3 Å². The van der Waals surface area contributed by atoms with Crippen LogP contribution in [0.25, 0.3) is 10.9 Å². The maximum atomic E-state index is 12.2. The summed E-state index contributed by atoms with van der Waals surface area (Å²) < 4.78 is 0. The van der Waals surface area contributed by atoms with Crippen molar-refractivity contribution in [2.24, 2.45) is 0 Å². The Balaban J connectivity index is 2.07. The van der Waals surface area contributed by atoms with Gasteiger partial charge in [-0.2, -0.15) is 10.2 Å². The molecule has 18 heavy (non-hydrogen) atoms. The molecule has 0 fully saturated rings. The summed E-state index contributed by atoms with van der Waals surface area (Å²) in [5.41, 5.74) is 2.04. The lowest BCUT2D eigenvalue weighted by molar-refractivity contribution is 0.103. The molecule has 0 spiro atoms. The van der Waals surface area contributed by atoms with Gasteiger partial charge in [0.2, 0.25) is 0 Å². The van der Waals surface area contributed by atoms with Gasteiger partial charge in [0.25, 0.3) is 0 Å². The molecule has 0 aliphatic carbocycles. The molecule has 0 aliphatic heterocycles. The maximum absolute atomic E-state index is 12.2. The van der Waals surface area contributed by atoms with Gasteiger partial charge in [-0.3, -0.25) is 9.78 Å². The zero-order chi connectivity index (χ0) is 12.4. The number of fused-ring (bicyclic) bond motifs is 1. The van der Waals surface area contributed by atoms with Crippen LogP contribution in [0.2, 0.25) is 0 Å². The zero-order valence-electron chi connectivity index (χ0n) is 9.45. The topological polar surface area (TPSA) is 55.7 Å². The lowest BCUT2D eigenvalue weighted by Gasteiger charge is -2.02. The molecule has 3 aromatic rings. The second-order valence-electron chi connectivity index (χ2n) is 3.87. The van der Waals surface area contributed by atoms with Crippen LogP contribution in [0.1, 0.15) is 15.9 Å². The van der Waals surface area contributed by atoms with Crippen molar-refractivity contribution in [3.8, 4) is 0 Å². The van der Waals surface area contributed by atoms with E-state index in [2.05, 4.69) is 15.2 Å². The van der Waals surface area contributed by atoms with Crippen LogP contribution in [0.4, 0.5) is 0 Å². The first-order chi connectivity index (χ1) is 8.84. The average molecular weight is 235 g/mol. The van der Waals surface area contributed by atoms with Gasteiger partial charge >= 0.3 is 0 Å². The van der Waals surface area contributed by atoms with Crippen molar-refractivity contribution in [2.45, 2.75) is 0 Å². The number of carbonyl (C=O) groups is 1. The van der Waals surface area contributed by atoms with E-state index < -0.39 is 0 Å². The fourth-order valence-electron chi connectivity index (χ4n) is 1.81. The van der Waals surface area contributed by atoms with Gasteiger partial charge in [0.05, 0.1) is 17.9 Å². The largest absolute Gasteiger partial charge is 0.289 e. The fraction of sp³-hybridized carbons (Fsp3) is 0. The van der Waals surface area contributed by atoms with E-state index in [4.69, 9.17) is 0 Å². The number of benzene rings is 1. The third-order valence-electron chi connectivity index (χ3n) is 2.71. The van der Waals surface area contributed by atoms with Gasteiger partial charge in [0, 0.05) is 22.7 Å². The molecule has 0 unspecified atom stereocenters. The van der Waals surface area contributed by atoms with Crippen molar-refractivity contribution in [2.75, 3.05) is 0 Å². The van der Waals surface area contributed by atoms with E-state index in [0.29, 0.717) is 11.1 Å². The van der Waals surface area contributed by atoms with E-state index in [-0.39, 0.29) is 5.78 Å². The summed E-state index contributed by atoms with van der Waals surface area (Å²) in [5, 5.41) is 8.32. The smallest absolute Gasteiger partial charge is 0.194 e. The van der Waals surface area contributed by atoms with E-state index in [1.54, 1.807) is 18.3 Å². The number of aromatic nitrogens is 3. The Morgan fingerprint density at radius 3 is 2.72 bits per heavy atom. The van der Waals surface area contributed by atoms with Crippen LogP contribution in [0.5, 0.6) is 0 Å². The second-order valence-corrected chi connectivity index (χ2v) is 3.87. The Morgan fingerprint density at radius 1 is 0.944 bits per heavy atom. The molecule has 0 saturated heterocycles. The van der Waals surface area contributed by atoms with E-state index in [0.717, 1.165) is 10.9 Å². The molecule has 1 aromatic carbocycles. The first-order valence-corrected chi connectivity index (χ1v) is 5.51. The van der Waals surface area contributed by atoms with Gasteiger partial charge in [-0.15, -0.1) is 0 Å². The van der Waals surface area contributed by atoms with Crippen LogP contribution in [0, 0.1) is 0 Å². The van der Waals surface area contributed by atoms with Crippen molar-refractivity contribution in [1.82, 2.24) is 15.2 Å². The zero-order valence-corrected chi connectivity index (χ0v) is 9.45. The van der Waals surface area contributed by atoms with E-state index in [1.807, 2.05) is 24.3 Å². The molecule has 4 nitrogen and oxygen atoms in total. The molecule has 4 heteroatoms. The minimum Gasteiger partial charge on any atom is -0.289 e. The van der Waals surface area contributed by atoms with Crippen molar-refractivity contribution in [3.05, 3.63) is 66.1 Å². The minimum atomic E-state index is -0.0596. The summed E-state index contributed by atoms with van der Waals surface area (Å²) >= 11 is 0. The Kier molecular flexibility index (Phi) is 2.53. The normalized spacial score (nSPS) is 10.4. The Bertz CT molecular complexity index is 710. The van der Waals surface area contributed by atoms with Crippen LogP contribution < -0.4 is 0 Å². The summed E-state index contributed by atoms with van der Waals surface area (Å²) in [6.07, 6.45) is 4.71. The van der Waals surface area contributed by atoms with E-state index in [1.165, 1.54) is 12.4 Å². The van der Waals surface area contributed by atoms with Gasteiger partial charge in [0.1, 0.15) is 0 Å². The van der Waals surface area contributed by atoms with Crippen molar-refractivity contribution in [1.29, 1.82) is 0 Å². The van der Waals surface area contributed by atoms with Gasteiger partial charge in [-0.1, -0.05) is 6.07 Å². The molecule has 0 N–H and O–H groups in total. The van der Waals surface area contributed by atoms with E-state index >= 15 is 0 Å². The minimum absolute atomic E-state index is 0.0596. The van der Waals surface area contributed by atoms with Crippen LogP contribution in [-0.4, -0.2) is 21.0 Å². The Hall–Kier alpha value is -2.62. The third-order valence-corrected chi connectivity index (χ3v) is 2.71. The van der Waals surface area contributed by atoms with Gasteiger partial charge < -0.3 is 0 Å². The number of hydrogen-bond acceptors (Lipinski definition) is 4. The molecule has 0 radical (unpaired) electrons. The SMILES string of the molecule is O=C(c1ccnnc1)c1ccc2ncccc2c1. The number of rotatable bonds is 2. The predicted molar refractivity (Wildman–Crippen MR) is 67.2 cm³/mol. The number of nitrogens with zero attached hydrogens (tertiary/aromatic N) is 3. The lowest BCUT2D eigenvalue weighted by atomic mass is 10.0. The molecule has 2 heterocycles. The standard InChI is InChI=1S/C14H9N3O/c18-14(12-5-7-16-17-9-12)11-3-4-13-10(8-11)2-1-6-15-13/h1-9H. The highest BCUT2D eigenvalue weighted by Crippen LogP contribution is 2.15. The summed E-state index contributed by atoms with van der Waals surface area (Å²) in [4.78, 5) is 16.4. The first-order valence-electron chi connectivity index (χ1n) is 5.51. The molecular formula is C14H9N3O. The van der Waals surface area contributed by atoms with Crippen molar-refractivity contribution >= 4 is 16.7 Å². The van der Waals surface area contributed by atoms with Crippen LogP contribution >= 0.6 is 0 Å². The molecule has 0 aliphatic rings. The predicted octanol–water partition coefficient (Wildman–Crippen LogP) is 2.26. The monoisotopic (exact) mass is 235 g/mol. The molecule has 2 aromatic heterocycles. The number of ketones is 1. The summed E-state index contributed by atoms with van der Waals surface area (Å²) in [5.74, 6) is -0.0596. The Morgan fingerprint density at radius 2 is 1.89 bits per heavy atom. The fourth-order valence-corrected chi connectivity index (χ4v) is 1.81. The summed E-state index contributed by atoms with van der Waals surface area (Å²) in [6, 6.07) is 10.9. The number of pyridine rings is 1. The van der Waals surface area contributed by atoms with Gasteiger partial charge in [0.15, 0.2) is 5.78 Å². The van der Waals surface area contributed by atoms with Crippen molar-refractivity contribution in [3.63, 3.8) is 0 Å². The molecular weight excluding hydrogens is 226 g/mol. The van der Waals surface area contributed by atoms with E-state index in [9.17, 15) is 4.79 Å². The first kappa shape index (κ1) is 10.5. The highest BCUT2D eigenvalue weighted by molar-refractivity contribution is 6.10. The van der Waals surface area contributed by atoms with Crippen LogP contribution in [0.3, 0.4) is 0 Å². The lowest BCUT2D eigenvalue weighted by Crippen LogP contribution is -2.02.